The molecule has 0 aliphatic carbocycles. The Morgan fingerprint density at radius 1 is 1.53 bits per heavy atom. The van der Waals surface area contributed by atoms with E-state index in [4.69, 9.17) is 9.84 Å². The van der Waals surface area contributed by atoms with Crippen LogP contribution in [0.15, 0.2) is 0 Å². The number of ether oxygens (including phenoxy) is 1. The van der Waals surface area contributed by atoms with E-state index in [1.54, 1.807) is 7.11 Å². The predicted octanol–water partition coefficient (Wildman–Crippen LogP) is -0.276. The van der Waals surface area contributed by atoms with Gasteiger partial charge in [-0.25, -0.2) is 0 Å². The van der Waals surface area contributed by atoms with Crippen LogP contribution in [-0.4, -0.2) is 73.9 Å². The summed E-state index contributed by atoms with van der Waals surface area (Å²) < 4.78 is 5.02. The maximum atomic E-state index is 10.7. The Hall–Kier alpha value is -0.650. The molecule has 0 saturated carbocycles. The first-order valence-electron chi connectivity index (χ1n) is 5.27. The summed E-state index contributed by atoms with van der Waals surface area (Å²) in [6.45, 7) is 4.35. The van der Waals surface area contributed by atoms with E-state index in [2.05, 4.69) is 9.80 Å². The van der Waals surface area contributed by atoms with Crippen LogP contribution in [0.4, 0.5) is 0 Å². The summed E-state index contributed by atoms with van der Waals surface area (Å²) in [4.78, 5) is 15.0. The zero-order valence-electron chi connectivity index (χ0n) is 9.48. The van der Waals surface area contributed by atoms with Gasteiger partial charge in [-0.15, -0.1) is 0 Å². The second-order valence-electron chi connectivity index (χ2n) is 4.03. The van der Waals surface area contributed by atoms with E-state index in [9.17, 15) is 4.79 Å². The van der Waals surface area contributed by atoms with E-state index < -0.39 is 5.97 Å². The van der Waals surface area contributed by atoms with Gasteiger partial charge >= 0.3 is 5.97 Å². The van der Waals surface area contributed by atoms with Crippen molar-refractivity contribution in [3.8, 4) is 0 Å². The Morgan fingerprint density at radius 3 is 2.87 bits per heavy atom. The van der Waals surface area contributed by atoms with Crippen molar-refractivity contribution in [1.29, 1.82) is 0 Å². The molecule has 1 unspecified atom stereocenters. The highest BCUT2D eigenvalue weighted by Crippen LogP contribution is 2.10. The standard InChI is InChI=1S/C10H20N2O3/c1-11-3-4-12(5-6-15-2)8-9(11)7-10(13)14/h9H,3-8H2,1-2H3,(H,13,14). The molecule has 88 valence electrons. The monoisotopic (exact) mass is 216 g/mol. The summed E-state index contributed by atoms with van der Waals surface area (Å²) >= 11 is 0. The third-order valence-electron chi connectivity index (χ3n) is 2.88. The molecule has 1 saturated heterocycles. The van der Waals surface area contributed by atoms with Crippen molar-refractivity contribution < 1.29 is 14.6 Å². The molecule has 1 rings (SSSR count). The van der Waals surface area contributed by atoms with Crippen molar-refractivity contribution >= 4 is 5.97 Å². The predicted molar refractivity (Wildman–Crippen MR) is 57.0 cm³/mol. The Kier molecular flexibility index (Phi) is 5.01. The van der Waals surface area contributed by atoms with Gasteiger partial charge < -0.3 is 14.7 Å². The van der Waals surface area contributed by atoms with Crippen LogP contribution >= 0.6 is 0 Å². The molecular formula is C10H20N2O3. The van der Waals surface area contributed by atoms with E-state index in [0.717, 1.165) is 26.2 Å². The van der Waals surface area contributed by atoms with Gasteiger partial charge in [0.15, 0.2) is 0 Å². The largest absolute Gasteiger partial charge is 0.481 e. The minimum absolute atomic E-state index is 0.133. The topological polar surface area (TPSA) is 53.0 Å². The third kappa shape index (κ3) is 4.15. The fourth-order valence-electron chi connectivity index (χ4n) is 1.86. The molecule has 1 atom stereocenters. The van der Waals surface area contributed by atoms with Crippen molar-refractivity contribution in [2.75, 3.05) is 46.9 Å². The third-order valence-corrected chi connectivity index (χ3v) is 2.88. The molecule has 1 heterocycles. The van der Waals surface area contributed by atoms with Crippen molar-refractivity contribution in [2.24, 2.45) is 0 Å². The molecule has 15 heavy (non-hydrogen) atoms. The number of rotatable bonds is 5. The van der Waals surface area contributed by atoms with E-state index >= 15 is 0 Å². The minimum atomic E-state index is -0.722. The van der Waals surface area contributed by atoms with Gasteiger partial charge in [0.2, 0.25) is 0 Å². The van der Waals surface area contributed by atoms with Gasteiger partial charge in [-0.05, 0) is 7.05 Å². The van der Waals surface area contributed by atoms with Gasteiger partial charge in [0.1, 0.15) is 0 Å². The fourth-order valence-corrected chi connectivity index (χ4v) is 1.86. The average Bonchev–Trinajstić information content (AvgIpc) is 2.18. The van der Waals surface area contributed by atoms with Crippen LogP contribution in [0.1, 0.15) is 6.42 Å². The highest BCUT2D eigenvalue weighted by atomic mass is 16.5. The number of hydrogen-bond acceptors (Lipinski definition) is 4. The average molecular weight is 216 g/mol. The molecule has 0 amide bonds. The van der Waals surface area contributed by atoms with Crippen LogP contribution in [0.2, 0.25) is 0 Å². The first-order valence-corrected chi connectivity index (χ1v) is 5.27. The number of carboxylic acids is 1. The van der Waals surface area contributed by atoms with Crippen molar-refractivity contribution in [2.45, 2.75) is 12.5 Å². The number of carbonyl (C=O) groups is 1. The first kappa shape index (κ1) is 12.4. The summed E-state index contributed by atoms with van der Waals surface area (Å²) in [5.41, 5.74) is 0. The molecule has 0 radical (unpaired) electrons. The zero-order chi connectivity index (χ0) is 11.3. The molecule has 1 fully saturated rings. The Labute approximate surface area is 90.6 Å². The van der Waals surface area contributed by atoms with Crippen LogP contribution in [0.5, 0.6) is 0 Å². The smallest absolute Gasteiger partial charge is 0.304 e. The van der Waals surface area contributed by atoms with Gasteiger partial charge in [-0.1, -0.05) is 0 Å². The summed E-state index contributed by atoms with van der Waals surface area (Å²) in [6.07, 6.45) is 0.222. The van der Waals surface area contributed by atoms with Crippen LogP contribution < -0.4 is 0 Å². The first-order chi connectivity index (χ1) is 7.13. The Balaban J connectivity index is 2.37. The van der Waals surface area contributed by atoms with E-state index in [1.807, 2.05) is 7.05 Å². The summed E-state index contributed by atoms with van der Waals surface area (Å²) in [5.74, 6) is -0.722. The molecule has 1 N–H and O–H groups in total. The van der Waals surface area contributed by atoms with Crippen molar-refractivity contribution in [3.63, 3.8) is 0 Å². The minimum Gasteiger partial charge on any atom is -0.481 e. The number of piperazine rings is 1. The maximum absolute atomic E-state index is 10.7. The lowest BCUT2D eigenvalue weighted by Crippen LogP contribution is -2.52. The van der Waals surface area contributed by atoms with Crippen molar-refractivity contribution in [3.05, 3.63) is 0 Å². The highest BCUT2D eigenvalue weighted by Gasteiger charge is 2.25. The zero-order valence-corrected chi connectivity index (χ0v) is 9.48. The highest BCUT2D eigenvalue weighted by molar-refractivity contribution is 5.67. The van der Waals surface area contributed by atoms with E-state index in [-0.39, 0.29) is 12.5 Å². The van der Waals surface area contributed by atoms with Gasteiger partial charge in [0.25, 0.3) is 0 Å². The molecule has 0 aromatic carbocycles. The maximum Gasteiger partial charge on any atom is 0.304 e. The number of nitrogens with zero attached hydrogens (tertiary/aromatic N) is 2. The summed E-state index contributed by atoms with van der Waals surface area (Å²) in [5, 5.41) is 8.78. The van der Waals surface area contributed by atoms with Gasteiger partial charge in [-0.2, -0.15) is 0 Å². The normalized spacial score (nSPS) is 24.3. The number of carboxylic acid groups (broad SMARTS) is 1. The lowest BCUT2D eigenvalue weighted by Gasteiger charge is -2.38. The van der Waals surface area contributed by atoms with E-state index in [0.29, 0.717) is 6.61 Å². The summed E-state index contributed by atoms with van der Waals surface area (Å²) in [6, 6.07) is 0.133. The lowest BCUT2D eigenvalue weighted by atomic mass is 10.1. The molecular weight excluding hydrogens is 196 g/mol. The Bertz CT molecular complexity index is 209. The summed E-state index contributed by atoms with van der Waals surface area (Å²) in [7, 11) is 3.67. The SMILES string of the molecule is COCCN1CCN(C)C(CC(=O)O)C1. The molecule has 1 aliphatic rings. The molecule has 0 aromatic rings. The molecule has 5 nitrogen and oxygen atoms in total. The number of hydrogen-bond donors (Lipinski definition) is 1. The molecule has 1 aliphatic heterocycles. The number of aliphatic carboxylic acids is 1. The molecule has 5 heteroatoms. The van der Waals surface area contributed by atoms with E-state index in [1.165, 1.54) is 0 Å². The number of likely N-dealkylation sites (N-methyl/N-ethyl adjacent to an activating group) is 1. The second kappa shape index (κ2) is 6.05. The molecule has 0 spiro atoms. The molecule has 0 bridgehead atoms. The van der Waals surface area contributed by atoms with Crippen LogP contribution in [-0.2, 0) is 9.53 Å². The quantitative estimate of drug-likeness (QED) is 0.685. The lowest BCUT2D eigenvalue weighted by molar-refractivity contribution is -0.138. The second-order valence-corrected chi connectivity index (χ2v) is 4.03. The van der Waals surface area contributed by atoms with Gasteiger partial charge in [-0.3, -0.25) is 9.69 Å². The fraction of sp³-hybridized carbons (Fsp3) is 0.900. The van der Waals surface area contributed by atoms with Crippen LogP contribution in [0.3, 0.4) is 0 Å². The van der Waals surface area contributed by atoms with Crippen molar-refractivity contribution in [1.82, 2.24) is 9.80 Å². The number of methoxy groups -OCH3 is 1. The van der Waals surface area contributed by atoms with Gasteiger partial charge in [0.05, 0.1) is 13.0 Å². The Morgan fingerprint density at radius 2 is 2.27 bits per heavy atom. The van der Waals surface area contributed by atoms with Gasteiger partial charge in [0, 0.05) is 39.3 Å². The van der Waals surface area contributed by atoms with Crippen LogP contribution in [0, 0.1) is 0 Å². The van der Waals surface area contributed by atoms with Crippen LogP contribution in [0.25, 0.3) is 0 Å². The molecule has 0 aromatic heterocycles.